The van der Waals surface area contributed by atoms with Crippen LogP contribution in [0.25, 0.3) is 0 Å². The van der Waals surface area contributed by atoms with Crippen molar-refractivity contribution in [3.8, 4) is 0 Å². The number of nitrogens with one attached hydrogen (secondary N) is 1. The zero-order chi connectivity index (χ0) is 11.4. The molecule has 0 fully saturated rings. The zero-order valence-corrected chi connectivity index (χ0v) is 9.51. The molecule has 1 rings (SSSR count). The fourth-order valence-electron chi connectivity index (χ4n) is 1.12. The SMILES string of the molecule is CS(=O)NC(C(=O)O)c1ccccc1Cl. The lowest BCUT2D eigenvalue weighted by atomic mass is 10.1. The van der Waals surface area contributed by atoms with Gasteiger partial charge in [0.1, 0.15) is 6.04 Å². The summed E-state index contributed by atoms with van der Waals surface area (Å²) in [5.74, 6) is -1.11. The van der Waals surface area contributed by atoms with Crippen LogP contribution in [0.5, 0.6) is 0 Å². The Hall–Kier alpha value is -0.910. The first-order chi connectivity index (χ1) is 7.02. The largest absolute Gasteiger partial charge is 0.480 e. The van der Waals surface area contributed by atoms with E-state index < -0.39 is 23.0 Å². The van der Waals surface area contributed by atoms with Gasteiger partial charge in [-0.1, -0.05) is 29.8 Å². The Balaban J connectivity index is 3.04. The quantitative estimate of drug-likeness (QED) is 0.844. The lowest BCUT2D eigenvalue weighted by molar-refractivity contribution is -0.139. The number of carboxylic acids is 1. The minimum Gasteiger partial charge on any atom is -0.480 e. The van der Waals surface area contributed by atoms with Gasteiger partial charge in [0.25, 0.3) is 0 Å². The topological polar surface area (TPSA) is 66.4 Å². The van der Waals surface area contributed by atoms with Crippen molar-refractivity contribution in [2.24, 2.45) is 0 Å². The van der Waals surface area contributed by atoms with Crippen LogP contribution >= 0.6 is 11.6 Å². The van der Waals surface area contributed by atoms with Crippen molar-refractivity contribution < 1.29 is 14.1 Å². The Bertz CT molecular complexity index is 397. The second kappa shape index (κ2) is 5.25. The number of hydrogen-bond acceptors (Lipinski definition) is 2. The molecule has 0 radical (unpaired) electrons. The lowest BCUT2D eigenvalue weighted by Gasteiger charge is -2.13. The maximum Gasteiger partial charge on any atom is 0.326 e. The molecule has 0 spiro atoms. The standard InChI is InChI=1S/C9H10ClNO3S/c1-15(14)11-8(9(12)13)6-4-2-3-5-7(6)10/h2-5,8,11H,1H3,(H,12,13). The zero-order valence-electron chi connectivity index (χ0n) is 7.94. The molecule has 0 bridgehead atoms. The lowest BCUT2D eigenvalue weighted by Crippen LogP contribution is -2.29. The van der Waals surface area contributed by atoms with Crippen LogP contribution < -0.4 is 4.72 Å². The molecule has 2 unspecified atom stereocenters. The average Bonchev–Trinajstić information content (AvgIpc) is 2.15. The van der Waals surface area contributed by atoms with Crippen molar-refractivity contribution in [3.05, 3.63) is 34.9 Å². The first kappa shape index (κ1) is 12.2. The summed E-state index contributed by atoms with van der Waals surface area (Å²) in [4.78, 5) is 10.9. The van der Waals surface area contributed by atoms with E-state index in [0.717, 1.165) is 0 Å². The van der Waals surface area contributed by atoms with Crippen LogP contribution in [-0.4, -0.2) is 21.5 Å². The number of hydrogen-bond donors (Lipinski definition) is 2. The van der Waals surface area contributed by atoms with Crippen LogP contribution in [0.2, 0.25) is 5.02 Å². The Morgan fingerprint density at radius 1 is 1.53 bits per heavy atom. The first-order valence-electron chi connectivity index (χ1n) is 4.09. The fraction of sp³-hybridized carbons (Fsp3) is 0.222. The van der Waals surface area contributed by atoms with E-state index in [1.165, 1.54) is 6.26 Å². The number of aliphatic carboxylic acids is 1. The second-order valence-corrected chi connectivity index (χ2v) is 4.42. The van der Waals surface area contributed by atoms with Crippen LogP contribution in [0.1, 0.15) is 11.6 Å². The third-order valence-corrected chi connectivity index (χ3v) is 2.66. The van der Waals surface area contributed by atoms with E-state index in [1.807, 2.05) is 0 Å². The van der Waals surface area contributed by atoms with E-state index in [-0.39, 0.29) is 0 Å². The summed E-state index contributed by atoms with van der Waals surface area (Å²) >= 11 is 5.84. The minimum absolute atomic E-state index is 0.336. The highest BCUT2D eigenvalue weighted by Crippen LogP contribution is 2.22. The molecule has 0 saturated heterocycles. The molecule has 0 aliphatic rings. The van der Waals surface area contributed by atoms with Gasteiger partial charge in [-0.2, -0.15) is 0 Å². The molecule has 15 heavy (non-hydrogen) atoms. The Morgan fingerprint density at radius 2 is 2.13 bits per heavy atom. The van der Waals surface area contributed by atoms with Gasteiger partial charge in [0.05, 0.1) is 11.0 Å². The van der Waals surface area contributed by atoms with E-state index in [0.29, 0.717) is 10.6 Å². The van der Waals surface area contributed by atoms with Gasteiger partial charge in [0, 0.05) is 11.3 Å². The maximum absolute atomic E-state index is 10.9. The molecule has 4 nitrogen and oxygen atoms in total. The van der Waals surface area contributed by atoms with Crippen molar-refractivity contribution in [3.63, 3.8) is 0 Å². The molecule has 0 heterocycles. The van der Waals surface area contributed by atoms with Gasteiger partial charge in [0.15, 0.2) is 0 Å². The summed E-state index contributed by atoms with van der Waals surface area (Å²) < 4.78 is 13.4. The normalized spacial score (nSPS) is 14.5. The third-order valence-electron chi connectivity index (χ3n) is 1.75. The van der Waals surface area contributed by atoms with Gasteiger partial charge >= 0.3 is 5.97 Å². The van der Waals surface area contributed by atoms with Crippen molar-refractivity contribution >= 4 is 28.6 Å². The highest BCUT2D eigenvalue weighted by Gasteiger charge is 2.22. The van der Waals surface area contributed by atoms with Crippen molar-refractivity contribution in [1.82, 2.24) is 4.72 Å². The summed E-state index contributed by atoms with van der Waals surface area (Å²) in [6.45, 7) is 0. The summed E-state index contributed by atoms with van der Waals surface area (Å²) in [6.07, 6.45) is 1.37. The van der Waals surface area contributed by atoms with Gasteiger partial charge in [-0.15, -0.1) is 0 Å². The number of carboxylic acid groups (broad SMARTS) is 1. The summed E-state index contributed by atoms with van der Waals surface area (Å²) in [5, 5.41) is 9.28. The van der Waals surface area contributed by atoms with E-state index in [9.17, 15) is 9.00 Å². The van der Waals surface area contributed by atoms with Crippen LogP contribution in [0.4, 0.5) is 0 Å². The van der Waals surface area contributed by atoms with E-state index in [2.05, 4.69) is 4.72 Å². The predicted octanol–water partition coefficient (Wildman–Crippen LogP) is 1.35. The average molecular weight is 248 g/mol. The summed E-state index contributed by atoms with van der Waals surface area (Å²) in [5.41, 5.74) is 0.405. The Labute approximate surface area is 94.8 Å². The third kappa shape index (κ3) is 3.30. The molecule has 6 heteroatoms. The van der Waals surface area contributed by atoms with Crippen LogP contribution in [0, 0.1) is 0 Å². The molecule has 0 aliphatic heterocycles. The molecule has 82 valence electrons. The van der Waals surface area contributed by atoms with Crippen molar-refractivity contribution in [1.29, 1.82) is 0 Å². The van der Waals surface area contributed by atoms with Crippen LogP contribution in [0.3, 0.4) is 0 Å². The summed E-state index contributed by atoms with van der Waals surface area (Å²) in [7, 11) is -1.41. The van der Waals surface area contributed by atoms with Crippen LogP contribution in [0.15, 0.2) is 24.3 Å². The number of benzene rings is 1. The molecule has 1 aromatic carbocycles. The molecule has 0 aromatic heterocycles. The van der Waals surface area contributed by atoms with E-state index in [1.54, 1.807) is 24.3 Å². The van der Waals surface area contributed by atoms with E-state index in [4.69, 9.17) is 16.7 Å². The number of halogens is 1. The molecular formula is C9H10ClNO3S. The van der Waals surface area contributed by atoms with Gasteiger partial charge in [-0.3, -0.25) is 4.79 Å². The van der Waals surface area contributed by atoms with Gasteiger partial charge in [0.2, 0.25) is 0 Å². The molecule has 0 amide bonds. The predicted molar refractivity (Wildman–Crippen MR) is 59.0 cm³/mol. The fourth-order valence-corrected chi connectivity index (χ4v) is 1.93. The van der Waals surface area contributed by atoms with Crippen LogP contribution in [-0.2, 0) is 15.8 Å². The molecule has 0 aliphatic carbocycles. The summed E-state index contributed by atoms with van der Waals surface area (Å²) in [6, 6.07) is 5.50. The first-order valence-corrected chi connectivity index (χ1v) is 6.03. The van der Waals surface area contributed by atoms with Gasteiger partial charge < -0.3 is 5.11 Å². The molecule has 2 N–H and O–H groups in total. The van der Waals surface area contributed by atoms with Gasteiger partial charge in [-0.25, -0.2) is 8.93 Å². The number of carbonyl (C=O) groups is 1. The second-order valence-electron chi connectivity index (χ2n) is 2.86. The van der Waals surface area contributed by atoms with Crippen molar-refractivity contribution in [2.45, 2.75) is 6.04 Å². The van der Waals surface area contributed by atoms with E-state index >= 15 is 0 Å². The smallest absolute Gasteiger partial charge is 0.326 e. The number of rotatable bonds is 4. The molecule has 2 atom stereocenters. The maximum atomic E-state index is 10.9. The Morgan fingerprint density at radius 3 is 2.60 bits per heavy atom. The molecular weight excluding hydrogens is 238 g/mol. The molecule has 0 saturated carbocycles. The highest BCUT2D eigenvalue weighted by atomic mass is 35.5. The van der Waals surface area contributed by atoms with Gasteiger partial charge in [-0.05, 0) is 11.6 Å². The Kier molecular flexibility index (Phi) is 4.26. The van der Waals surface area contributed by atoms with Crippen molar-refractivity contribution in [2.75, 3.05) is 6.26 Å². The molecule has 1 aromatic rings. The minimum atomic E-state index is -1.41. The monoisotopic (exact) mass is 247 g/mol. The highest BCUT2D eigenvalue weighted by molar-refractivity contribution is 7.82.